The highest BCUT2D eigenvalue weighted by molar-refractivity contribution is 6.00. The van der Waals surface area contributed by atoms with Gasteiger partial charge in [-0.1, -0.05) is 18.6 Å². The van der Waals surface area contributed by atoms with Crippen LogP contribution in [0.5, 0.6) is 0 Å². The first-order chi connectivity index (χ1) is 14.6. The lowest BCUT2D eigenvalue weighted by Gasteiger charge is -2.40. The summed E-state index contributed by atoms with van der Waals surface area (Å²) in [6.45, 7) is 6.52. The molecule has 4 heterocycles. The number of likely N-dealkylation sites (tertiary alicyclic amines) is 2. The number of halogens is 1. The van der Waals surface area contributed by atoms with E-state index in [1.165, 1.54) is 38.4 Å². The number of anilines is 1. The summed E-state index contributed by atoms with van der Waals surface area (Å²) in [5.74, 6) is 0.589. The molecule has 160 valence electrons. The van der Waals surface area contributed by atoms with Crippen LogP contribution in [0.2, 0.25) is 0 Å². The van der Waals surface area contributed by atoms with Gasteiger partial charge in [-0.3, -0.25) is 4.79 Å². The zero-order valence-corrected chi connectivity index (χ0v) is 17.6. The van der Waals surface area contributed by atoms with Gasteiger partial charge in [0.25, 0.3) is 5.91 Å². The van der Waals surface area contributed by atoms with Crippen LogP contribution in [0.4, 0.5) is 10.2 Å². The van der Waals surface area contributed by atoms with Crippen LogP contribution in [0.25, 0.3) is 0 Å². The Kier molecular flexibility index (Phi) is 5.23. The normalized spacial score (nSPS) is 22.7. The Morgan fingerprint density at radius 1 is 1.13 bits per heavy atom. The maximum absolute atomic E-state index is 13.6. The Hall–Kier alpha value is -2.41. The number of aromatic nitrogens is 2. The van der Waals surface area contributed by atoms with Gasteiger partial charge in [0.15, 0.2) is 0 Å². The minimum atomic E-state index is -0.247. The first-order valence-corrected chi connectivity index (χ1v) is 11.2. The molecule has 3 aliphatic rings. The minimum absolute atomic E-state index is 0.0678. The van der Waals surface area contributed by atoms with Crippen molar-refractivity contribution < 1.29 is 9.18 Å². The molecule has 0 spiro atoms. The van der Waals surface area contributed by atoms with Crippen LogP contribution in [0.3, 0.4) is 0 Å². The molecule has 1 N–H and O–H groups in total. The molecular weight excluding hydrogens is 381 g/mol. The van der Waals surface area contributed by atoms with Gasteiger partial charge in [0.2, 0.25) is 0 Å². The third-order valence-corrected chi connectivity index (χ3v) is 6.92. The third kappa shape index (κ3) is 3.60. The number of rotatable bonds is 3. The molecule has 5 rings (SSSR count). The van der Waals surface area contributed by atoms with E-state index in [0.29, 0.717) is 18.2 Å². The lowest BCUT2D eigenvalue weighted by molar-refractivity contribution is 0.0590. The summed E-state index contributed by atoms with van der Waals surface area (Å²) >= 11 is 0. The molecule has 0 saturated carbocycles. The van der Waals surface area contributed by atoms with Gasteiger partial charge in [0, 0.05) is 19.1 Å². The third-order valence-electron chi connectivity index (χ3n) is 6.92. The predicted octanol–water partition coefficient (Wildman–Crippen LogP) is 3.59. The van der Waals surface area contributed by atoms with Gasteiger partial charge in [-0.25, -0.2) is 9.07 Å². The number of hydrogen-bond acceptors (Lipinski definition) is 4. The van der Waals surface area contributed by atoms with Gasteiger partial charge in [-0.05, 0) is 63.4 Å². The molecule has 1 atom stereocenters. The van der Waals surface area contributed by atoms with E-state index in [1.54, 1.807) is 12.1 Å². The second-order valence-electron chi connectivity index (χ2n) is 8.86. The second kappa shape index (κ2) is 8.02. The molecule has 0 bridgehead atoms. The summed E-state index contributed by atoms with van der Waals surface area (Å²) in [7, 11) is 0. The van der Waals surface area contributed by atoms with Gasteiger partial charge in [0.05, 0.1) is 18.3 Å². The van der Waals surface area contributed by atoms with Crippen molar-refractivity contribution in [3.8, 4) is 0 Å². The van der Waals surface area contributed by atoms with Gasteiger partial charge < -0.3 is 15.1 Å². The molecule has 0 aliphatic carbocycles. The molecule has 2 fully saturated rings. The molecule has 0 radical (unpaired) electrons. The second-order valence-corrected chi connectivity index (χ2v) is 8.86. The first kappa shape index (κ1) is 19.5. The highest BCUT2D eigenvalue weighted by Gasteiger charge is 2.34. The van der Waals surface area contributed by atoms with Crippen molar-refractivity contribution in [2.45, 2.75) is 57.7 Å². The van der Waals surface area contributed by atoms with E-state index >= 15 is 0 Å². The van der Waals surface area contributed by atoms with Crippen molar-refractivity contribution >= 4 is 11.7 Å². The Bertz CT molecular complexity index is 928. The van der Waals surface area contributed by atoms with E-state index in [0.717, 1.165) is 43.0 Å². The highest BCUT2D eigenvalue weighted by atomic mass is 19.1. The molecule has 3 aliphatic heterocycles. The van der Waals surface area contributed by atoms with Crippen molar-refractivity contribution in [3.05, 3.63) is 46.9 Å². The predicted molar refractivity (Wildman–Crippen MR) is 114 cm³/mol. The fourth-order valence-corrected chi connectivity index (χ4v) is 5.29. The molecule has 0 unspecified atom stereocenters. The number of nitrogens with zero attached hydrogens (tertiary/aromatic N) is 4. The van der Waals surface area contributed by atoms with Crippen molar-refractivity contribution in [1.82, 2.24) is 19.6 Å². The maximum atomic E-state index is 13.6. The van der Waals surface area contributed by atoms with Crippen LogP contribution in [-0.4, -0.2) is 57.7 Å². The molecule has 30 heavy (non-hydrogen) atoms. The molecule has 1 amide bonds. The number of piperidine rings is 2. The molecule has 2 aromatic rings. The molecule has 1 aromatic heterocycles. The average Bonchev–Trinajstić information content (AvgIpc) is 3.31. The monoisotopic (exact) mass is 411 g/mol. The molecular formula is C23H30FN5O. The van der Waals surface area contributed by atoms with Crippen molar-refractivity contribution in [1.29, 1.82) is 0 Å². The summed E-state index contributed by atoms with van der Waals surface area (Å²) in [6.07, 6.45) is 6.06. The first-order valence-electron chi connectivity index (χ1n) is 11.2. The van der Waals surface area contributed by atoms with E-state index < -0.39 is 0 Å². The van der Waals surface area contributed by atoms with Crippen LogP contribution in [0.1, 0.15) is 59.8 Å². The number of aryl methyl sites for hydroxylation is 1. The number of hydrogen-bond donors (Lipinski definition) is 1. The molecule has 6 nitrogen and oxygen atoms in total. The Morgan fingerprint density at radius 3 is 2.63 bits per heavy atom. The topological polar surface area (TPSA) is 53.4 Å². The Balaban J connectivity index is 1.28. The summed E-state index contributed by atoms with van der Waals surface area (Å²) in [6, 6.07) is 7.17. The van der Waals surface area contributed by atoms with Crippen molar-refractivity contribution in [3.63, 3.8) is 0 Å². The van der Waals surface area contributed by atoms with Crippen LogP contribution < -0.4 is 5.32 Å². The largest absolute Gasteiger partial charge is 0.361 e. The lowest BCUT2D eigenvalue weighted by atomic mass is 9.99. The fourth-order valence-electron chi connectivity index (χ4n) is 5.29. The highest BCUT2D eigenvalue weighted by Crippen LogP contribution is 2.34. The molecule has 2 saturated heterocycles. The number of fused-ring (bicyclic) bond motifs is 1. The van der Waals surface area contributed by atoms with E-state index in [9.17, 15) is 9.18 Å². The van der Waals surface area contributed by atoms with Crippen molar-refractivity contribution in [2.75, 3.05) is 31.5 Å². The number of carbonyl (C=O) groups is 1. The van der Waals surface area contributed by atoms with E-state index in [1.807, 2.05) is 22.6 Å². The zero-order valence-electron chi connectivity index (χ0n) is 17.6. The van der Waals surface area contributed by atoms with Crippen LogP contribution in [0, 0.1) is 12.7 Å². The van der Waals surface area contributed by atoms with Crippen LogP contribution >= 0.6 is 0 Å². The summed E-state index contributed by atoms with van der Waals surface area (Å²) in [5.41, 5.74) is 2.31. The number of carbonyl (C=O) groups excluding carboxylic acids is 1. The van der Waals surface area contributed by atoms with Gasteiger partial charge in [-0.2, -0.15) is 5.10 Å². The lowest BCUT2D eigenvalue weighted by Crippen LogP contribution is -2.48. The number of benzene rings is 1. The maximum Gasteiger partial charge on any atom is 0.259 e. The van der Waals surface area contributed by atoms with E-state index in [2.05, 4.69) is 15.3 Å². The summed E-state index contributed by atoms with van der Waals surface area (Å²) in [5, 5.41) is 8.02. The Morgan fingerprint density at radius 2 is 1.90 bits per heavy atom. The van der Waals surface area contributed by atoms with Crippen molar-refractivity contribution in [2.24, 2.45) is 0 Å². The summed E-state index contributed by atoms with van der Waals surface area (Å²) < 4.78 is 15.5. The molecule has 1 aromatic carbocycles. The standard InChI is InChI=1S/C23H30FN5O/c1-16-21(22-25-20(15-29(22)26-16)17-6-5-7-18(24)14-17)23(30)28-12-8-19(9-13-28)27-10-3-2-4-11-27/h5-7,14,19-20,25H,2-4,8-13,15H2,1H3/t20-/m1/s1. The quantitative estimate of drug-likeness (QED) is 0.839. The zero-order chi connectivity index (χ0) is 20.7. The van der Waals surface area contributed by atoms with E-state index in [4.69, 9.17) is 0 Å². The Labute approximate surface area is 177 Å². The van der Waals surface area contributed by atoms with Gasteiger partial charge >= 0.3 is 0 Å². The SMILES string of the molecule is Cc1nn2c(c1C(=O)N1CCC(N3CCCCC3)CC1)N[C@@H](c1cccc(F)c1)C2. The van der Waals surface area contributed by atoms with Gasteiger partial charge in [0.1, 0.15) is 17.2 Å². The van der Waals surface area contributed by atoms with Gasteiger partial charge in [-0.15, -0.1) is 0 Å². The minimum Gasteiger partial charge on any atom is -0.361 e. The van der Waals surface area contributed by atoms with Crippen LogP contribution in [-0.2, 0) is 6.54 Å². The number of nitrogens with one attached hydrogen (secondary N) is 1. The molecule has 7 heteroatoms. The average molecular weight is 412 g/mol. The van der Waals surface area contributed by atoms with Crippen LogP contribution in [0.15, 0.2) is 24.3 Å². The fraction of sp³-hybridized carbons (Fsp3) is 0.565. The summed E-state index contributed by atoms with van der Waals surface area (Å²) in [4.78, 5) is 18.0. The smallest absolute Gasteiger partial charge is 0.259 e. The number of amides is 1. The van der Waals surface area contributed by atoms with E-state index in [-0.39, 0.29) is 17.8 Å².